The molecule has 4 nitrogen and oxygen atoms in total. The van der Waals surface area contributed by atoms with Crippen molar-refractivity contribution in [1.82, 2.24) is 0 Å². The van der Waals surface area contributed by atoms with Crippen LogP contribution in [-0.4, -0.2) is 18.8 Å². The first-order valence-corrected chi connectivity index (χ1v) is 6.63. The number of anilines is 1. The summed E-state index contributed by atoms with van der Waals surface area (Å²) in [6.07, 6.45) is -3.56. The van der Waals surface area contributed by atoms with Gasteiger partial charge in [0.05, 0.1) is 5.41 Å². The zero-order valence-electron chi connectivity index (χ0n) is 12.0. The summed E-state index contributed by atoms with van der Waals surface area (Å²) >= 11 is 0. The topological polar surface area (TPSA) is 64.4 Å². The van der Waals surface area contributed by atoms with Crippen LogP contribution in [0.1, 0.15) is 26.7 Å². The number of carbonyl (C=O) groups excluding carboxylic acids is 1. The molecule has 0 fully saturated rings. The van der Waals surface area contributed by atoms with E-state index >= 15 is 0 Å². The fourth-order valence-electron chi connectivity index (χ4n) is 1.96. The van der Waals surface area contributed by atoms with Gasteiger partial charge in [-0.3, -0.25) is 4.79 Å². The van der Waals surface area contributed by atoms with Crippen molar-refractivity contribution in [2.75, 3.05) is 11.9 Å². The van der Waals surface area contributed by atoms with Crippen LogP contribution >= 0.6 is 0 Å². The Bertz CT molecular complexity index is 460. The summed E-state index contributed by atoms with van der Waals surface area (Å²) < 4.78 is 39.9. The molecule has 7 heteroatoms. The third-order valence-corrected chi connectivity index (χ3v) is 3.57. The van der Waals surface area contributed by atoms with Gasteiger partial charge in [0.25, 0.3) is 0 Å². The number of nitrogens with two attached hydrogens (primary N) is 1. The SMILES string of the molecule is CCC(CC)(CN)C(=O)Nc1ccc(OC(F)(F)F)cc1. The standard InChI is InChI=1S/C14H19F3N2O2/c1-3-13(4-2,9-18)12(20)19-10-5-7-11(8-6-10)21-14(15,16)17/h5-8H,3-4,9,18H2,1-2H3,(H,19,20). The van der Waals surface area contributed by atoms with Gasteiger partial charge in [-0.05, 0) is 37.1 Å². The predicted molar refractivity (Wildman–Crippen MR) is 73.8 cm³/mol. The quantitative estimate of drug-likeness (QED) is 0.847. The van der Waals surface area contributed by atoms with E-state index in [1.807, 2.05) is 13.8 Å². The molecule has 1 aromatic carbocycles. The number of hydrogen-bond acceptors (Lipinski definition) is 3. The van der Waals surface area contributed by atoms with Crippen molar-refractivity contribution in [3.05, 3.63) is 24.3 Å². The fourth-order valence-corrected chi connectivity index (χ4v) is 1.96. The molecule has 0 heterocycles. The molecule has 0 atom stereocenters. The van der Waals surface area contributed by atoms with Gasteiger partial charge in [-0.1, -0.05) is 13.8 Å². The lowest BCUT2D eigenvalue weighted by Crippen LogP contribution is -2.41. The first-order chi connectivity index (χ1) is 9.76. The second-order valence-corrected chi connectivity index (χ2v) is 4.72. The molecule has 1 amide bonds. The Morgan fingerprint density at radius 1 is 1.19 bits per heavy atom. The Balaban J connectivity index is 2.78. The van der Waals surface area contributed by atoms with Gasteiger partial charge >= 0.3 is 6.36 Å². The maximum Gasteiger partial charge on any atom is 0.573 e. The number of hydrogen-bond donors (Lipinski definition) is 2. The van der Waals surface area contributed by atoms with Crippen molar-refractivity contribution in [3.8, 4) is 5.75 Å². The number of amides is 1. The molecule has 0 bridgehead atoms. The minimum Gasteiger partial charge on any atom is -0.406 e. The Kier molecular flexibility index (Phi) is 5.60. The van der Waals surface area contributed by atoms with Crippen LogP contribution in [0.15, 0.2) is 24.3 Å². The lowest BCUT2D eigenvalue weighted by atomic mass is 9.81. The van der Waals surface area contributed by atoms with E-state index in [2.05, 4.69) is 10.1 Å². The van der Waals surface area contributed by atoms with Crippen molar-refractivity contribution >= 4 is 11.6 Å². The average Bonchev–Trinajstić information content (AvgIpc) is 2.42. The Morgan fingerprint density at radius 3 is 2.10 bits per heavy atom. The molecule has 3 N–H and O–H groups in total. The molecule has 0 aliphatic rings. The first kappa shape index (κ1) is 17.3. The van der Waals surface area contributed by atoms with Crippen molar-refractivity contribution in [1.29, 1.82) is 0 Å². The molecule has 0 aliphatic carbocycles. The number of halogens is 3. The van der Waals surface area contributed by atoms with E-state index in [4.69, 9.17) is 5.73 Å². The molecule has 1 rings (SSSR count). The fraction of sp³-hybridized carbons (Fsp3) is 0.500. The van der Waals surface area contributed by atoms with Crippen molar-refractivity contribution in [3.63, 3.8) is 0 Å². The van der Waals surface area contributed by atoms with Crippen LogP contribution in [0.4, 0.5) is 18.9 Å². The van der Waals surface area contributed by atoms with Gasteiger partial charge < -0.3 is 15.8 Å². The lowest BCUT2D eigenvalue weighted by Gasteiger charge is -2.28. The monoisotopic (exact) mass is 304 g/mol. The van der Waals surface area contributed by atoms with E-state index in [0.29, 0.717) is 18.5 Å². The molecule has 21 heavy (non-hydrogen) atoms. The van der Waals surface area contributed by atoms with Crippen LogP contribution in [0.25, 0.3) is 0 Å². The molecule has 0 saturated heterocycles. The highest BCUT2D eigenvalue weighted by molar-refractivity contribution is 5.95. The third kappa shape index (κ3) is 4.63. The lowest BCUT2D eigenvalue weighted by molar-refractivity contribution is -0.274. The van der Waals surface area contributed by atoms with Crippen LogP contribution in [0.2, 0.25) is 0 Å². The average molecular weight is 304 g/mol. The Labute approximate surface area is 121 Å². The summed E-state index contributed by atoms with van der Waals surface area (Å²) in [4.78, 5) is 12.2. The number of alkyl halides is 3. The van der Waals surface area contributed by atoms with Gasteiger partial charge in [0.1, 0.15) is 5.75 Å². The molecule has 118 valence electrons. The van der Waals surface area contributed by atoms with Gasteiger partial charge in [-0.2, -0.15) is 0 Å². The molecule has 0 unspecified atom stereocenters. The summed E-state index contributed by atoms with van der Waals surface area (Å²) in [5.74, 6) is -0.573. The van der Waals surface area contributed by atoms with Gasteiger partial charge in [0, 0.05) is 12.2 Å². The molecule has 0 aromatic heterocycles. The maximum absolute atomic E-state index is 12.2. The molecule has 1 aromatic rings. The highest BCUT2D eigenvalue weighted by Gasteiger charge is 2.33. The van der Waals surface area contributed by atoms with E-state index in [1.165, 1.54) is 12.1 Å². The van der Waals surface area contributed by atoms with E-state index in [0.717, 1.165) is 12.1 Å². The summed E-state index contributed by atoms with van der Waals surface area (Å²) in [6.45, 7) is 3.95. The third-order valence-electron chi connectivity index (χ3n) is 3.57. The second kappa shape index (κ2) is 6.80. The summed E-state index contributed by atoms with van der Waals surface area (Å²) in [6, 6.07) is 4.99. The van der Waals surface area contributed by atoms with E-state index < -0.39 is 11.8 Å². The zero-order chi connectivity index (χ0) is 16.1. The number of carbonyl (C=O) groups is 1. The Hall–Kier alpha value is -1.76. The van der Waals surface area contributed by atoms with E-state index in [1.54, 1.807) is 0 Å². The van der Waals surface area contributed by atoms with Crippen LogP contribution in [0.5, 0.6) is 5.75 Å². The van der Waals surface area contributed by atoms with E-state index in [9.17, 15) is 18.0 Å². The number of nitrogens with one attached hydrogen (secondary N) is 1. The van der Waals surface area contributed by atoms with Crippen LogP contribution in [-0.2, 0) is 4.79 Å². The van der Waals surface area contributed by atoms with Gasteiger partial charge in [0.2, 0.25) is 5.91 Å². The molecule has 0 radical (unpaired) electrons. The number of rotatable bonds is 6. The van der Waals surface area contributed by atoms with Crippen LogP contribution in [0, 0.1) is 5.41 Å². The normalized spacial score (nSPS) is 12.1. The van der Waals surface area contributed by atoms with Gasteiger partial charge in [0.15, 0.2) is 0 Å². The number of benzene rings is 1. The smallest absolute Gasteiger partial charge is 0.406 e. The first-order valence-electron chi connectivity index (χ1n) is 6.63. The second-order valence-electron chi connectivity index (χ2n) is 4.72. The molecule has 0 aliphatic heterocycles. The minimum absolute atomic E-state index is 0.209. The highest BCUT2D eigenvalue weighted by Crippen LogP contribution is 2.28. The predicted octanol–water partition coefficient (Wildman–Crippen LogP) is 3.29. The van der Waals surface area contributed by atoms with Crippen molar-refractivity contribution < 1.29 is 22.7 Å². The Morgan fingerprint density at radius 2 is 1.71 bits per heavy atom. The van der Waals surface area contributed by atoms with Crippen LogP contribution in [0.3, 0.4) is 0 Å². The molecule has 0 spiro atoms. The van der Waals surface area contributed by atoms with Crippen LogP contribution < -0.4 is 15.8 Å². The van der Waals surface area contributed by atoms with Gasteiger partial charge in [-0.15, -0.1) is 13.2 Å². The summed E-state index contributed by atoms with van der Waals surface area (Å²) in [7, 11) is 0. The maximum atomic E-state index is 12.2. The highest BCUT2D eigenvalue weighted by atomic mass is 19.4. The largest absolute Gasteiger partial charge is 0.573 e. The molecular formula is C14H19F3N2O2. The zero-order valence-corrected chi connectivity index (χ0v) is 12.0. The van der Waals surface area contributed by atoms with E-state index in [-0.39, 0.29) is 18.2 Å². The van der Waals surface area contributed by atoms with Crippen molar-refractivity contribution in [2.45, 2.75) is 33.1 Å². The minimum atomic E-state index is -4.73. The number of ether oxygens (including phenoxy) is 1. The molecule has 0 saturated carbocycles. The van der Waals surface area contributed by atoms with Gasteiger partial charge in [-0.25, -0.2) is 0 Å². The molecular weight excluding hydrogens is 285 g/mol. The summed E-state index contributed by atoms with van der Waals surface area (Å²) in [5, 5.41) is 2.67. The summed E-state index contributed by atoms with van der Waals surface area (Å²) in [5.41, 5.74) is 5.40. The van der Waals surface area contributed by atoms with Crippen molar-refractivity contribution in [2.24, 2.45) is 11.1 Å².